The monoisotopic (exact) mass is 406 g/mol. The molecule has 4 aliphatic rings. The molecule has 28 heavy (non-hydrogen) atoms. The molecule has 7 atom stereocenters. The summed E-state index contributed by atoms with van der Waals surface area (Å²) < 4.78 is 17.8. The lowest BCUT2D eigenvalue weighted by Gasteiger charge is -2.69. The van der Waals surface area contributed by atoms with E-state index in [0.717, 1.165) is 25.0 Å². The molecule has 0 heterocycles. The number of benzene rings is 1. The third kappa shape index (κ3) is 2.92. The van der Waals surface area contributed by atoms with Gasteiger partial charge in [0.2, 0.25) is 0 Å². The highest BCUT2D eigenvalue weighted by Gasteiger charge is 2.72. The molecular weight excluding hydrogens is 376 g/mol. The molecule has 7 unspecified atom stereocenters. The fourth-order valence-electron chi connectivity index (χ4n) is 6.56. The molecule has 0 amide bonds. The van der Waals surface area contributed by atoms with Crippen LogP contribution in [0.3, 0.4) is 0 Å². The second kappa shape index (κ2) is 7.63. The Bertz CT molecular complexity index is 712. The maximum absolute atomic E-state index is 11.9. The fourth-order valence-corrected chi connectivity index (χ4v) is 8.39. The van der Waals surface area contributed by atoms with Gasteiger partial charge in [-0.25, -0.2) is 0 Å². The van der Waals surface area contributed by atoms with Crippen LogP contribution in [0.2, 0.25) is 0 Å². The minimum Gasteiger partial charge on any atom is -0.481 e. The highest BCUT2D eigenvalue weighted by atomic mass is 32.2. The van der Waals surface area contributed by atoms with Crippen molar-refractivity contribution in [2.24, 2.45) is 17.8 Å². The summed E-state index contributed by atoms with van der Waals surface area (Å²) in [5, 5.41) is 9.80. The van der Waals surface area contributed by atoms with Gasteiger partial charge in [0.25, 0.3) is 0 Å². The minimum absolute atomic E-state index is 0.0207. The summed E-state index contributed by atoms with van der Waals surface area (Å²) in [5.74, 6) is 0.846. The van der Waals surface area contributed by atoms with Crippen molar-refractivity contribution >= 4 is 17.7 Å². The highest BCUT2D eigenvalue weighted by Crippen LogP contribution is 2.68. The summed E-state index contributed by atoms with van der Waals surface area (Å²) in [6.07, 6.45) is 2.90. The minimum atomic E-state index is -0.799. The summed E-state index contributed by atoms with van der Waals surface area (Å²) in [6, 6.07) is 10.4. The molecule has 0 saturated heterocycles. The van der Waals surface area contributed by atoms with Crippen LogP contribution in [0.1, 0.15) is 31.2 Å². The van der Waals surface area contributed by atoms with E-state index in [2.05, 4.69) is 24.3 Å². The van der Waals surface area contributed by atoms with Crippen molar-refractivity contribution in [3.63, 3.8) is 0 Å². The summed E-state index contributed by atoms with van der Waals surface area (Å²) >= 11 is 1.89. The first-order valence-corrected chi connectivity index (χ1v) is 11.0. The average molecular weight is 407 g/mol. The van der Waals surface area contributed by atoms with Gasteiger partial charge in [-0.05, 0) is 30.7 Å². The van der Waals surface area contributed by atoms with E-state index in [4.69, 9.17) is 14.2 Å². The second-order valence-corrected chi connectivity index (χ2v) is 9.87. The molecule has 1 N–H and O–H groups in total. The number of carboxylic acid groups (broad SMARTS) is 1. The number of carboxylic acids is 1. The Morgan fingerprint density at radius 2 is 1.86 bits per heavy atom. The van der Waals surface area contributed by atoms with Gasteiger partial charge in [0.05, 0.1) is 24.2 Å². The molecule has 1 aromatic rings. The largest absolute Gasteiger partial charge is 0.481 e. The number of hydrogen-bond donors (Lipinski definition) is 1. The molecule has 4 bridgehead atoms. The lowest BCUT2D eigenvalue weighted by atomic mass is 9.46. The first kappa shape index (κ1) is 20.2. The molecule has 4 fully saturated rings. The quantitative estimate of drug-likeness (QED) is 0.712. The van der Waals surface area contributed by atoms with Crippen LogP contribution in [0.5, 0.6) is 0 Å². The Kier molecular flexibility index (Phi) is 5.51. The van der Waals surface area contributed by atoms with E-state index in [1.165, 1.54) is 5.56 Å². The van der Waals surface area contributed by atoms with Crippen molar-refractivity contribution in [2.45, 2.75) is 54.0 Å². The Morgan fingerprint density at radius 3 is 2.46 bits per heavy atom. The van der Waals surface area contributed by atoms with Crippen molar-refractivity contribution in [1.82, 2.24) is 0 Å². The van der Waals surface area contributed by atoms with Crippen LogP contribution in [-0.2, 0) is 24.8 Å². The van der Waals surface area contributed by atoms with Gasteiger partial charge in [-0.15, -0.1) is 11.8 Å². The topological polar surface area (TPSA) is 65.0 Å². The van der Waals surface area contributed by atoms with Gasteiger partial charge in [0.1, 0.15) is 0 Å². The fraction of sp³-hybridized carbons (Fsp3) is 0.682. The van der Waals surface area contributed by atoms with Crippen molar-refractivity contribution in [2.75, 3.05) is 21.3 Å². The Balaban J connectivity index is 1.73. The third-order valence-corrected chi connectivity index (χ3v) is 9.18. The molecule has 154 valence electrons. The van der Waals surface area contributed by atoms with Gasteiger partial charge >= 0.3 is 5.97 Å². The molecule has 0 radical (unpaired) electrons. The molecule has 0 aromatic heterocycles. The van der Waals surface area contributed by atoms with Crippen LogP contribution in [0.4, 0.5) is 0 Å². The molecule has 6 heteroatoms. The molecule has 5 rings (SSSR count). The lowest BCUT2D eigenvalue weighted by molar-refractivity contribution is -0.260. The molecule has 4 aliphatic carbocycles. The molecule has 4 saturated carbocycles. The number of ether oxygens (including phenoxy) is 3. The van der Waals surface area contributed by atoms with E-state index < -0.39 is 11.6 Å². The van der Waals surface area contributed by atoms with Crippen molar-refractivity contribution < 1.29 is 24.1 Å². The first-order valence-electron chi connectivity index (χ1n) is 10.0. The number of carbonyl (C=O) groups is 1. The normalized spacial score (nSPS) is 41.3. The van der Waals surface area contributed by atoms with Gasteiger partial charge in [0, 0.05) is 43.7 Å². The number of aliphatic carboxylic acids is 1. The predicted octanol–water partition coefficient (Wildman–Crippen LogP) is 3.61. The molecule has 0 spiro atoms. The van der Waals surface area contributed by atoms with Gasteiger partial charge in [-0.3, -0.25) is 4.79 Å². The van der Waals surface area contributed by atoms with E-state index in [9.17, 15) is 9.90 Å². The van der Waals surface area contributed by atoms with Crippen LogP contribution in [-0.4, -0.2) is 55.0 Å². The number of methoxy groups -OCH3 is 3. The number of hydrogen-bond acceptors (Lipinski definition) is 5. The van der Waals surface area contributed by atoms with Gasteiger partial charge < -0.3 is 19.3 Å². The van der Waals surface area contributed by atoms with E-state index in [-0.39, 0.29) is 35.2 Å². The van der Waals surface area contributed by atoms with E-state index >= 15 is 0 Å². The zero-order valence-corrected chi connectivity index (χ0v) is 17.6. The van der Waals surface area contributed by atoms with Gasteiger partial charge in [0.15, 0.2) is 0 Å². The lowest BCUT2D eigenvalue weighted by Crippen LogP contribution is -2.76. The van der Waals surface area contributed by atoms with E-state index in [0.29, 0.717) is 5.92 Å². The van der Waals surface area contributed by atoms with Crippen molar-refractivity contribution in [3.05, 3.63) is 35.9 Å². The molecule has 1 aromatic carbocycles. The van der Waals surface area contributed by atoms with E-state index in [1.54, 1.807) is 21.3 Å². The van der Waals surface area contributed by atoms with E-state index in [1.807, 2.05) is 17.8 Å². The van der Waals surface area contributed by atoms with Crippen LogP contribution in [0, 0.1) is 17.8 Å². The standard InChI is InChI=1S/C22H30O5S/c1-25-19-15-9-17-20(26-2)16(19)11-21(10-15,22(17,27-3)12-18(23)24)28-13-14-7-5-4-6-8-14/h4-8,15-17,19-20H,9-13H2,1-3H3,(H,23,24). The Morgan fingerprint density at radius 1 is 1.14 bits per heavy atom. The number of thioether (sulfide) groups is 1. The Hall–Kier alpha value is -1.08. The van der Waals surface area contributed by atoms with Crippen molar-refractivity contribution in [1.29, 1.82) is 0 Å². The van der Waals surface area contributed by atoms with Crippen LogP contribution in [0.15, 0.2) is 30.3 Å². The maximum Gasteiger partial charge on any atom is 0.306 e. The average Bonchev–Trinajstić information content (AvgIpc) is 2.69. The van der Waals surface area contributed by atoms with Crippen molar-refractivity contribution in [3.8, 4) is 0 Å². The Labute approximate surface area is 171 Å². The molecule has 0 aliphatic heterocycles. The molecule has 5 nitrogen and oxygen atoms in total. The summed E-state index contributed by atoms with van der Waals surface area (Å²) in [6.45, 7) is 0. The predicted molar refractivity (Wildman–Crippen MR) is 108 cm³/mol. The first-order chi connectivity index (χ1) is 13.5. The number of rotatable bonds is 8. The van der Waals surface area contributed by atoms with Crippen LogP contribution >= 0.6 is 11.8 Å². The summed E-state index contributed by atoms with van der Waals surface area (Å²) in [7, 11) is 5.23. The smallest absolute Gasteiger partial charge is 0.306 e. The second-order valence-electron chi connectivity index (χ2n) is 8.51. The highest BCUT2D eigenvalue weighted by molar-refractivity contribution is 8.00. The van der Waals surface area contributed by atoms with Crippen LogP contribution in [0.25, 0.3) is 0 Å². The third-order valence-electron chi connectivity index (χ3n) is 7.47. The van der Waals surface area contributed by atoms with Crippen LogP contribution < -0.4 is 0 Å². The maximum atomic E-state index is 11.9. The zero-order valence-electron chi connectivity index (χ0n) is 16.8. The summed E-state index contributed by atoms with van der Waals surface area (Å²) in [5.41, 5.74) is 0.542. The van der Waals surface area contributed by atoms with Gasteiger partial charge in [-0.2, -0.15) is 0 Å². The summed E-state index contributed by atoms with van der Waals surface area (Å²) in [4.78, 5) is 11.9. The molecular formula is C22H30O5S. The zero-order chi connectivity index (χ0) is 19.9. The SMILES string of the molecule is COC1C2CC3C(OC)C1CC(SCc1ccccc1)(C2)C3(CC(=O)O)OC. The van der Waals surface area contributed by atoms with Gasteiger partial charge in [-0.1, -0.05) is 30.3 Å².